The Morgan fingerprint density at radius 1 is 1.26 bits per heavy atom. The van der Waals surface area contributed by atoms with Crippen LogP contribution >= 0.6 is 11.8 Å². The molecule has 0 aliphatic carbocycles. The van der Waals surface area contributed by atoms with Crippen molar-refractivity contribution >= 4 is 17.7 Å². The van der Waals surface area contributed by atoms with Crippen LogP contribution in [0.2, 0.25) is 0 Å². The number of aromatic nitrogens is 1. The third kappa shape index (κ3) is 3.51. The van der Waals surface area contributed by atoms with E-state index in [-0.39, 0.29) is 11.4 Å². The smallest absolute Gasteiger partial charge is 0.352 e. The van der Waals surface area contributed by atoms with E-state index in [1.807, 2.05) is 11.8 Å². The molecule has 1 fully saturated rings. The van der Waals surface area contributed by atoms with E-state index in [1.165, 1.54) is 4.57 Å². The first-order chi connectivity index (χ1) is 9.08. The molecule has 19 heavy (non-hydrogen) atoms. The van der Waals surface area contributed by atoms with Crippen LogP contribution in [0, 0.1) is 0 Å². The molecule has 1 saturated heterocycles. The fourth-order valence-electron chi connectivity index (χ4n) is 2.06. The molecule has 7 heteroatoms. The summed E-state index contributed by atoms with van der Waals surface area (Å²) >= 11 is 1.90. The van der Waals surface area contributed by atoms with Crippen molar-refractivity contribution in [1.29, 1.82) is 0 Å². The molecule has 0 spiro atoms. The first-order valence-corrected chi connectivity index (χ1v) is 7.20. The number of hydrogen-bond donors (Lipinski definition) is 2. The van der Waals surface area contributed by atoms with E-state index in [0.717, 1.165) is 36.7 Å². The largest absolute Gasteiger partial charge is 0.508 e. The number of aromatic hydroxyl groups is 1. The van der Waals surface area contributed by atoms with Crippen molar-refractivity contribution in [2.75, 3.05) is 31.1 Å². The Kier molecular flexibility index (Phi) is 4.49. The summed E-state index contributed by atoms with van der Waals surface area (Å²) in [5.74, 6) is 0.613. The molecule has 2 N–H and O–H groups in total. The maximum Gasteiger partial charge on any atom is 0.352 e. The Morgan fingerprint density at radius 3 is 2.58 bits per heavy atom. The van der Waals surface area contributed by atoms with E-state index in [9.17, 15) is 14.7 Å². The number of nitrogens with zero attached hydrogens (tertiary/aromatic N) is 2. The fourth-order valence-corrected chi connectivity index (χ4v) is 3.04. The van der Waals surface area contributed by atoms with Crippen molar-refractivity contribution in [3.8, 4) is 5.75 Å². The summed E-state index contributed by atoms with van der Waals surface area (Å²) in [6, 6.07) is 2.15. The first kappa shape index (κ1) is 14.0. The molecule has 104 valence electrons. The van der Waals surface area contributed by atoms with Gasteiger partial charge < -0.3 is 14.8 Å². The summed E-state index contributed by atoms with van der Waals surface area (Å²) in [4.78, 5) is 25.1. The van der Waals surface area contributed by atoms with Gasteiger partial charge in [-0.05, 0) is 0 Å². The molecule has 1 aliphatic heterocycles. The lowest BCUT2D eigenvalue weighted by molar-refractivity contribution is 0.0681. The SMILES string of the molecule is O=C(O)c1cc(O)cc(=O)n1CCN1CCSCC1. The lowest BCUT2D eigenvalue weighted by atomic mass is 10.3. The fraction of sp³-hybridized carbons (Fsp3) is 0.500. The average molecular weight is 284 g/mol. The Balaban J connectivity index is 2.14. The third-order valence-corrected chi connectivity index (χ3v) is 4.02. The zero-order valence-corrected chi connectivity index (χ0v) is 11.2. The summed E-state index contributed by atoms with van der Waals surface area (Å²) in [5, 5.41) is 18.4. The zero-order valence-electron chi connectivity index (χ0n) is 10.4. The first-order valence-electron chi connectivity index (χ1n) is 6.05. The van der Waals surface area contributed by atoms with Crippen LogP contribution in [0.1, 0.15) is 10.5 Å². The molecule has 2 heterocycles. The number of carboxylic acid groups (broad SMARTS) is 1. The summed E-state index contributed by atoms with van der Waals surface area (Å²) in [7, 11) is 0. The number of rotatable bonds is 4. The molecule has 0 unspecified atom stereocenters. The molecule has 0 saturated carbocycles. The van der Waals surface area contributed by atoms with Gasteiger partial charge in [-0.1, -0.05) is 0 Å². The highest BCUT2D eigenvalue weighted by molar-refractivity contribution is 7.99. The number of aromatic carboxylic acids is 1. The molecular weight excluding hydrogens is 268 g/mol. The lowest BCUT2D eigenvalue weighted by Crippen LogP contribution is -2.37. The highest BCUT2D eigenvalue weighted by atomic mass is 32.2. The summed E-state index contributed by atoms with van der Waals surface area (Å²) in [6.45, 7) is 2.89. The van der Waals surface area contributed by atoms with Gasteiger partial charge in [0.25, 0.3) is 5.56 Å². The minimum Gasteiger partial charge on any atom is -0.508 e. The Labute approximate surface area is 114 Å². The van der Waals surface area contributed by atoms with E-state index < -0.39 is 11.5 Å². The third-order valence-electron chi connectivity index (χ3n) is 3.08. The number of pyridine rings is 1. The van der Waals surface area contributed by atoms with Crippen LogP contribution < -0.4 is 5.56 Å². The van der Waals surface area contributed by atoms with Crippen molar-refractivity contribution in [3.05, 3.63) is 28.2 Å². The van der Waals surface area contributed by atoms with Crippen LogP contribution in [-0.2, 0) is 6.54 Å². The van der Waals surface area contributed by atoms with Gasteiger partial charge in [-0.2, -0.15) is 11.8 Å². The van der Waals surface area contributed by atoms with Crippen molar-refractivity contribution in [2.45, 2.75) is 6.54 Å². The summed E-state index contributed by atoms with van der Waals surface area (Å²) < 4.78 is 1.20. The Morgan fingerprint density at radius 2 is 1.95 bits per heavy atom. The molecule has 6 nitrogen and oxygen atoms in total. The second-order valence-corrected chi connectivity index (χ2v) is 5.57. The summed E-state index contributed by atoms with van der Waals surface area (Å²) in [6.07, 6.45) is 0. The normalized spacial score (nSPS) is 16.4. The average Bonchev–Trinajstić information content (AvgIpc) is 2.38. The van der Waals surface area contributed by atoms with Gasteiger partial charge in [0.05, 0.1) is 0 Å². The maximum absolute atomic E-state index is 11.8. The number of carboxylic acids is 1. The van der Waals surface area contributed by atoms with Crippen LogP contribution in [0.15, 0.2) is 16.9 Å². The van der Waals surface area contributed by atoms with E-state index in [1.54, 1.807) is 0 Å². The monoisotopic (exact) mass is 284 g/mol. The van der Waals surface area contributed by atoms with Gasteiger partial charge in [0, 0.05) is 49.8 Å². The highest BCUT2D eigenvalue weighted by Gasteiger charge is 2.15. The van der Waals surface area contributed by atoms with Crippen molar-refractivity contribution in [2.24, 2.45) is 0 Å². The minimum atomic E-state index is -1.21. The van der Waals surface area contributed by atoms with E-state index >= 15 is 0 Å². The molecule has 0 radical (unpaired) electrons. The topological polar surface area (TPSA) is 82.8 Å². The van der Waals surface area contributed by atoms with Gasteiger partial charge in [-0.25, -0.2) is 4.79 Å². The molecule has 2 rings (SSSR count). The van der Waals surface area contributed by atoms with Crippen molar-refractivity contribution in [1.82, 2.24) is 9.47 Å². The standard InChI is InChI=1S/C12H16N2O4S/c15-9-7-10(12(17)18)14(11(16)8-9)2-1-13-3-5-19-6-4-13/h7-8,15H,1-6H2,(H,17,18). The van der Waals surface area contributed by atoms with Crippen LogP contribution in [0.25, 0.3) is 0 Å². The van der Waals surface area contributed by atoms with E-state index in [2.05, 4.69) is 4.90 Å². The minimum absolute atomic E-state index is 0.170. The Bertz CT molecular complexity index is 523. The molecular formula is C12H16N2O4S. The molecule has 1 aromatic rings. The van der Waals surface area contributed by atoms with Gasteiger partial charge in [0.1, 0.15) is 11.4 Å². The van der Waals surface area contributed by atoms with Crippen molar-refractivity contribution < 1.29 is 15.0 Å². The van der Waals surface area contributed by atoms with Gasteiger partial charge in [0.15, 0.2) is 0 Å². The molecule has 0 amide bonds. The van der Waals surface area contributed by atoms with Crippen LogP contribution in [0.4, 0.5) is 0 Å². The number of thioether (sulfide) groups is 1. The summed E-state index contributed by atoms with van der Waals surface area (Å²) in [5.41, 5.74) is -0.653. The second kappa shape index (κ2) is 6.12. The number of carbonyl (C=O) groups is 1. The van der Waals surface area contributed by atoms with Gasteiger partial charge in [0.2, 0.25) is 0 Å². The van der Waals surface area contributed by atoms with E-state index in [0.29, 0.717) is 13.1 Å². The predicted molar refractivity (Wildman–Crippen MR) is 73.1 cm³/mol. The van der Waals surface area contributed by atoms with Crippen molar-refractivity contribution in [3.63, 3.8) is 0 Å². The van der Waals surface area contributed by atoms with Crippen LogP contribution in [0.5, 0.6) is 5.75 Å². The van der Waals surface area contributed by atoms with E-state index in [4.69, 9.17) is 5.11 Å². The zero-order chi connectivity index (χ0) is 13.8. The number of hydrogen-bond acceptors (Lipinski definition) is 5. The molecule has 0 bridgehead atoms. The highest BCUT2D eigenvalue weighted by Crippen LogP contribution is 2.11. The quantitative estimate of drug-likeness (QED) is 0.827. The van der Waals surface area contributed by atoms with Gasteiger partial charge in [-0.3, -0.25) is 9.69 Å². The molecule has 1 aromatic heterocycles. The Hall–Kier alpha value is -1.47. The predicted octanol–water partition coefficient (Wildman–Crippen LogP) is 0.301. The van der Waals surface area contributed by atoms with Crippen LogP contribution in [0.3, 0.4) is 0 Å². The molecule has 0 atom stereocenters. The second-order valence-electron chi connectivity index (χ2n) is 4.35. The lowest BCUT2D eigenvalue weighted by Gasteiger charge is -2.26. The van der Waals surface area contributed by atoms with Gasteiger partial charge in [-0.15, -0.1) is 0 Å². The molecule has 0 aromatic carbocycles. The van der Waals surface area contributed by atoms with Crippen LogP contribution in [-0.4, -0.2) is 56.8 Å². The maximum atomic E-state index is 11.8. The molecule has 1 aliphatic rings. The van der Waals surface area contributed by atoms with Gasteiger partial charge >= 0.3 is 5.97 Å².